The van der Waals surface area contributed by atoms with E-state index in [4.69, 9.17) is 4.74 Å². The molecule has 0 saturated carbocycles. The minimum atomic E-state index is -0.682. The molecule has 0 aromatic heterocycles. The molecule has 0 aromatic carbocycles. The topological polar surface area (TPSA) is 61.8 Å². The lowest BCUT2D eigenvalue weighted by Gasteiger charge is -2.01. The van der Waals surface area contributed by atoms with Crippen LogP contribution in [-0.2, 0) is 23.8 Å². The number of carbonyl (C=O) groups is 2. The average molecular weight is 176 g/mol. The third kappa shape index (κ3) is 7.17. The van der Waals surface area contributed by atoms with E-state index in [1.165, 1.54) is 7.11 Å². The van der Waals surface area contributed by atoms with Gasteiger partial charge < -0.3 is 14.2 Å². The molecule has 5 heteroatoms. The summed E-state index contributed by atoms with van der Waals surface area (Å²) in [5, 5.41) is 0. The van der Waals surface area contributed by atoms with Gasteiger partial charge in [-0.05, 0) is 0 Å². The predicted molar refractivity (Wildman–Crippen MR) is 39.5 cm³/mol. The van der Waals surface area contributed by atoms with E-state index in [-0.39, 0.29) is 6.61 Å². The molecule has 0 unspecified atom stereocenters. The van der Waals surface area contributed by atoms with Crippen molar-refractivity contribution in [1.82, 2.24) is 0 Å². The van der Waals surface area contributed by atoms with E-state index >= 15 is 0 Å². The summed E-state index contributed by atoms with van der Waals surface area (Å²) in [5.74, 6) is -1.31. The molecule has 12 heavy (non-hydrogen) atoms. The summed E-state index contributed by atoms with van der Waals surface area (Å²) in [7, 11) is 1.53. The van der Waals surface area contributed by atoms with Crippen LogP contribution in [0.25, 0.3) is 0 Å². The summed E-state index contributed by atoms with van der Waals surface area (Å²) in [6.45, 7) is 1.66. The van der Waals surface area contributed by atoms with Gasteiger partial charge in [-0.15, -0.1) is 0 Å². The summed E-state index contributed by atoms with van der Waals surface area (Å²) in [5.41, 5.74) is 0. The maximum atomic E-state index is 10.6. The number of hydrogen-bond acceptors (Lipinski definition) is 5. The van der Waals surface area contributed by atoms with Crippen molar-refractivity contribution in [2.24, 2.45) is 0 Å². The first kappa shape index (κ1) is 11.1. The van der Waals surface area contributed by atoms with Crippen LogP contribution >= 0.6 is 0 Å². The summed E-state index contributed by atoms with van der Waals surface area (Å²) in [6, 6.07) is 0. The van der Waals surface area contributed by atoms with Crippen LogP contribution in [0, 0.1) is 0 Å². The van der Waals surface area contributed by atoms with Gasteiger partial charge in [-0.3, -0.25) is 4.79 Å². The van der Waals surface area contributed by atoms with Crippen LogP contribution in [0.2, 0.25) is 0 Å². The molecule has 0 aliphatic heterocycles. The highest BCUT2D eigenvalue weighted by atomic mass is 16.6. The summed E-state index contributed by atoms with van der Waals surface area (Å²) in [6.07, 6.45) is 0. The van der Waals surface area contributed by atoms with E-state index < -0.39 is 11.9 Å². The van der Waals surface area contributed by atoms with Gasteiger partial charge in [0.15, 0.2) is 0 Å². The quantitative estimate of drug-likeness (QED) is 0.328. The van der Waals surface area contributed by atoms with Crippen LogP contribution < -0.4 is 0 Å². The Labute approximate surface area is 70.6 Å². The van der Waals surface area contributed by atoms with Crippen molar-refractivity contribution in [3.8, 4) is 0 Å². The van der Waals surface area contributed by atoms with Crippen molar-refractivity contribution in [3.63, 3.8) is 0 Å². The molecule has 0 heterocycles. The zero-order valence-corrected chi connectivity index (χ0v) is 7.16. The van der Waals surface area contributed by atoms with Gasteiger partial charge in [0.25, 0.3) is 0 Å². The van der Waals surface area contributed by atoms with Gasteiger partial charge in [0.05, 0.1) is 13.2 Å². The maximum absolute atomic E-state index is 10.6. The molecule has 0 bridgehead atoms. The Balaban J connectivity index is 3.26. The van der Waals surface area contributed by atoms with E-state index in [0.29, 0.717) is 13.2 Å². The van der Waals surface area contributed by atoms with Gasteiger partial charge in [-0.1, -0.05) is 0 Å². The van der Waals surface area contributed by atoms with Crippen molar-refractivity contribution in [2.75, 3.05) is 26.9 Å². The number of rotatable bonds is 5. The maximum Gasteiger partial charge on any atom is 0.339 e. The lowest BCUT2D eigenvalue weighted by atomic mass is 10.7. The smallest absolute Gasteiger partial charge is 0.339 e. The number of hydrogen-bond donors (Lipinski definition) is 0. The molecule has 0 amide bonds. The van der Waals surface area contributed by atoms with Gasteiger partial charge in [0.1, 0.15) is 6.61 Å². The number of ether oxygens (including phenoxy) is 3. The molecule has 5 nitrogen and oxygen atoms in total. The fourth-order valence-electron chi connectivity index (χ4n) is 0.488. The summed E-state index contributed by atoms with van der Waals surface area (Å²) < 4.78 is 13.6. The third-order valence-electron chi connectivity index (χ3n) is 0.909. The van der Waals surface area contributed by atoms with Crippen LogP contribution in [-0.4, -0.2) is 38.9 Å². The lowest BCUT2D eigenvalue weighted by Crippen LogP contribution is -2.16. The second-order valence-electron chi connectivity index (χ2n) is 2.01. The summed E-state index contributed by atoms with van der Waals surface area (Å²) >= 11 is 0. The zero-order valence-electron chi connectivity index (χ0n) is 7.16. The number of carbonyl (C=O) groups excluding carboxylic acids is 2. The Bertz CT molecular complexity index is 154. The second-order valence-corrected chi connectivity index (χ2v) is 2.01. The van der Waals surface area contributed by atoms with E-state index in [2.05, 4.69) is 9.47 Å². The summed E-state index contributed by atoms with van der Waals surface area (Å²) in [4.78, 5) is 20.8. The average Bonchev–Trinajstić information content (AvgIpc) is 1.97. The minimum Gasteiger partial charge on any atom is -0.392 e. The Hall–Kier alpha value is -0.940. The minimum absolute atomic E-state index is 0.219. The van der Waals surface area contributed by atoms with Crippen LogP contribution in [0.4, 0.5) is 0 Å². The highest BCUT2D eigenvalue weighted by Crippen LogP contribution is 1.82. The van der Waals surface area contributed by atoms with Crippen molar-refractivity contribution in [2.45, 2.75) is 6.92 Å². The van der Waals surface area contributed by atoms with Crippen LogP contribution in [0.1, 0.15) is 6.92 Å². The normalized spacial score (nSPS) is 9.50. The second kappa shape index (κ2) is 6.75. The number of methoxy groups -OCH3 is 1. The van der Waals surface area contributed by atoms with Gasteiger partial charge in [0.2, 0.25) is 0 Å². The first-order valence-corrected chi connectivity index (χ1v) is 3.44. The Morgan fingerprint density at radius 2 is 1.92 bits per heavy atom. The SMILES string of the molecule is COCCOCC(=O)OC(C)=O. The molecule has 0 radical (unpaired) electrons. The van der Waals surface area contributed by atoms with Gasteiger partial charge >= 0.3 is 11.9 Å². The Morgan fingerprint density at radius 1 is 1.25 bits per heavy atom. The van der Waals surface area contributed by atoms with Crippen LogP contribution in [0.15, 0.2) is 0 Å². The molecule has 0 spiro atoms. The molecule has 0 rings (SSSR count). The molecule has 70 valence electrons. The van der Waals surface area contributed by atoms with Gasteiger partial charge in [-0.2, -0.15) is 0 Å². The van der Waals surface area contributed by atoms with Crippen molar-refractivity contribution in [3.05, 3.63) is 0 Å². The largest absolute Gasteiger partial charge is 0.392 e. The first-order chi connectivity index (χ1) is 5.66. The van der Waals surface area contributed by atoms with Gasteiger partial charge in [-0.25, -0.2) is 4.79 Å². The standard InChI is InChI=1S/C7H12O5/c1-6(8)12-7(9)5-11-4-3-10-2/h3-5H2,1-2H3. The molecular formula is C7H12O5. The molecule has 0 atom stereocenters. The van der Waals surface area contributed by atoms with Crippen molar-refractivity contribution in [1.29, 1.82) is 0 Å². The van der Waals surface area contributed by atoms with Crippen molar-refractivity contribution < 1.29 is 23.8 Å². The fourth-order valence-corrected chi connectivity index (χ4v) is 0.488. The van der Waals surface area contributed by atoms with Gasteiger partial charge in [0, 0.05) is 14.0 Å². The fraction of sp³-hybridized carbons (Fsp3) is 0.714. The highest BCUT2D eigenvalue weighted by Gasteiger charge is 2.04. The first-order valence-electron chi connectivity index (χ1n) is 3.44. The molecule has 0 aliphatic rings. The predicted octanol–water partition coefficient (Wildman–Crippen LogP) is -0.261. The van der Waals surface area contributed by atoms with Crippen molar-refractivity contribution >= 4 is 11.9 Å². The molecule has 0 fully saturated rings. The molecule has 0 aliphatic carbocycles. The van der Waals surface area contributed by atoms with Crippen LogP contribution in [0.3, 0.4) is 0 Å². The molecule has 0 N–H and O–H groups in total. The highest BCUT2D eigenvalue weighted by molar-refractivity contribution is 5.84. The van der Waals surface area contributed by atoms with E-state index in [9.17, 15) is 9.59 Å². The Kier molecular flexibility index (Phi) is 6.22. The van der Waals surface area contributed by atoms with E-state index in [0.717, 1.165) is 6.92 Å². The van der Waals surface area contributed by atoms with E-state index in [1.807, 2.05) is 0 Å². The molecule has 0 aromatic rings. The lowest BCUT2D eigenvalue weighted by molar-refractivity contribution is -0.161. The number of esters is 2. The zero-order chi connectivity index (χ0) is 9.40. The monoisotopic (exact) mass is 176 g/mol. The van der Waals surface area contributed by atoms with E-state index in [1.54, 1.807) is 0 Å². The third-order valence-corrected chi connectivity index (χ3v) is 0.909. The Morgan fingerprint density at radius 3 is 2.42 bits per heavy atom. The molecular weight excluding hydrogens is 164 g/mol. The van der Waals surface area contributed by atoms with Crippen LogP contribution in [0.5, 0.6) is 0 Å². The molecule has 0 saturated heterocycles.